The number of carbonyl (C=O) groups is 1. The highest BCUT2D eigenvalue weighted by atomic mass is 16.5. The Labute approximate surface area is 108 Å². The van der Waals surface area contributed by atoms with Crippen molar-refractivity contribution < 1.29 is 9.53 Å². The van der Waals surface area contributed by atoms with Crippen LogP contribution in [0.2, 0.25) is 0 Å². The van der Waals surface area contributed by atoms with Gasteiger partial charge in [0.2, 0.25) is 0 Å². The van der Waals surface area contributed by atoms with Crippen LogP contribution in [0.3, 0.4) is 0 Å². The van der Waals surface area contributed by atoms with E-state index in [2.05, 4.69) is 0 Å². The van der Waals surface area contributed by atoms with E-state index in [0.717, 1.165) is 10.9 Å². The van der Waals surface area contributed by atoms with Gasteiger partial charge in [-0.2, -0.15) is 0 Å². The van der Waals surface area contributed by atoms with Gasteiger partial charge in [-0.25, -0.2) is 4.79 Å². The van der Waals surface area contributed by atoms with Crippen LogP contribution in [0.5, 0.6) is 0 Å². The fourth-order valence-electron chi connectivity index (χ4n) is 2.26. The smallest absolute Gasteiger partial charge is 0.356 e. The molecule has 0 aliphatic carbocycles. The molecule has 1 aromatic carbocycles. The van der Waals surface area contributed by atoms with E-state index in [1.54, 1.807) is 17.6 Å². The summed E-state index contributed by atoms with van der Waals surface area (Å²) < 4.78 is 7.73. The van der Waals surface area contributed by atoms with Crippen LogP contribution >= 0.6 is 0 Å². The molecule has 0 aliphatic rings. The lowest BCUT2D eigenvalue weighted by Gasteiger charge is -2.07. The van der Waals surface area contributed by atoms with Crippen molar-refractivity contribution in [3.05, 3.63) is 52.6 Å². The largest absolute Gasteiger partial charge is 0.464 e. The van der Waals surface area contributed by atoms with Crippen molar-refractivity contribution in [2.24, 2.45) is 7.05 Å². The Morgan fingerprint density at radius 1 is 1.21 bits per heavy atom. The summed E-state index contributed by atoms with van der Waals surface area (Å²) >= 11 is 0. The number of methoxy groups -OCH3 is 1. The monoisotopic (exact) mass is 256 g/mol. The van der Waals surface area contributed by atoms with Gasteiger partial charge in [0.05, 0.1) is 12.6 Å². The lowest BCUT2D eigenvalue weighted by atomic mass is 10.2. The molecule has 96 valence electrons. The quantitative estimate of drug-likeness (QED) is 0.621. The molecule has 0 radical (unpaired) electrons. The highest BCUT2D eigenvalue weighted by Crippen LogP contribution is 2.18. The summed E-state index contributed by atoms with van der Waals surface area (Å²) in [4.78, 5) is 24.0. The molecule has 5 heteroatoms. The minimum absolute atomic E-state index is 0.223. The Kier molecular flexibility index (Phi) is 2.41. The van der Waals surface area contributed by atoms with Crippen LogP contribution in [-0.4, -0.2) is 22.0 Å². The van der Waals surface area contributed by atoms with Gasteiger partial charge < -0.3 is 13.7 Å². The van der Waals surface area contributed by atoms with Gasteiger partial charge in [-0.05, 0) is 12.1 Å². The minimum Gasteiger partial charge on any atom is -0.464 e. The molecule has 5 nitrogen and oxygen atoms in total. The van der Waals surface area contributed by atoms with Crippen LogP contribution in [0, 0.1) is 0 Å². The third kappa shape index (κ3) is 1.55. The van der Waals surface area contributed by atoms with Gasteiger partial charge in [0.15, 0.2) is 0 Å². The van der Waals surface area contributed by atoms with Gasteiger partial charge >= 0.3 is 5.97 Å². The zero-order valence-corrected chi connectivity index (χ0v) is 10.6. The van der Waals surface area contributed by atoms with Crippen molar-refractivity contribution in [1.29, 1.82) is 0 Å². The molecule has 2 heterocycles. The van der Waals surface area contributed by atoms with E-state index in [-0.39, 0.29) is 11.3 Å². The minimum atomic E-state index is -0.528. The second-order valence-electron chi connectivity index (χ2n) is 4.33. The van der Waals surface area contributed by atoms with Gasteiger partial charge in [-0.1, -0.05) is 18.2 Å². The molecule has 3 aromatic rings. The highest BCUT2D eigenvalue weighted by molar-refractivity contribution is 5.90. The van der Waals surface area contributed by atoms with Crippen molar-refractivity contribution in [2.45, 2.75) is 0 Å². The molecular weight excluding hydrogens is 244 g/mol. The Bertz CT molecular complexity index is 858. The lowest BCUT2D eigenvalue weighted by Crippen LogP contribution is -2.25. The number of hydrogen-bond acceptors (Lipinski definition) is 3. The van der Waals surface area contributed by atoms with E-state index in [4.69, 9.17) is 4.74 Å². The zero-order chi connectivity index (χ0) is 13.6. The van der Waals surface area contributed by atoms with Crippen LogP contribution in [-0.2, 0) is 11.8 Å². The Morgan fingerprint density at radius 3 is 2.68 bits per heavy atom. The molecule has 0 N–H and O–H groups in total. The van der Waals surface area contributed by atoms with Gasteiger partial charge in [-0.15, -0.1) is 0 Å². The Balaban J connectivity index is 2.50. The number of aromatic nitrogens is 2. The standard InChI is InChI=1S/C14H12N2O3/c1-15-12(14(18)19-2)8-16-10-6-4-3-5-9(10)7-11(16)13(15)17/h3-8H,1-2H3. The molecule has 0 spiro atoms. The summed E-state index contributed by atoms with van der Waals surface area (Å²) in [6.45, 7) is 0. The van der Waals surface area contributed by atoms with E-state index in [1.165, 1.54) is 11.7 Å². The first-order chi connectivity index (χ1) is 9.13. The van der Waals surface area contributed by atoms with Gasteiger partial charge in [0.25, 0.3) is 5.56 Å². The molecule has 0 saturated heterocycles. The summed E-state index contributed by atoms with van der Waals surface area (Å²) in [6, 6.07) is 9.46. The van der Waals surface area contributed by atoms with Gasteiger partial charge in [-0.3, -0.25) is 4.79 Å². The lowest BCUT2D eigenvalue weighted by molar-refractivity contribution is 0.0587. The molecule has 0 aliphatic heterocycles. The van der Waals surface area contributed by atoms with Crippen molar-refractivity contribution in [1.82, 2.24) is 8.97 Å². The molecule has 0 saturated carbocycles. The van der Waals surface area contributed by atoms with E-state index in [1.807, 2.05) is 30.3 Å². The van der Waals surface area contributed by atoms with Crippen molar-refractivity contribution >= 4 is 22.4 Å². The molecule has 0 bridgehead atoms. The first kappa shape index (κ1) is 11.5. The van der Waals surface area contributed by atoms with E-state index in [0.29, 0.717) is 5.52 Å². The molecular formula is C14H12N2O3. The van der Waals surface area contributed by atoms with Crippen molar-refractivity contribution in [2.75, 3.05) is 7.11 Å². The van der Waals surface area contributed by atoms with Crippen LogP contribution in [0.1, 0.15) is 10.5 Å². The van der Waals surface area contributed by atoms with E-state index in [9.17, 15) is 9.59 Å². The summed E-state index contributed by atoms with van der Waals surface area (Å²) in [5, 5.41) is 0.960. The highest BCUT2D eigenvalue weighted by Gasteiger charge is 2.15. The number of rotatable bonds is 1. The molecule has 0 unspecified atom stereocenters. The number of fused-ring (bicyclic) bond motifs is 3. The summed E-state index contributed by atoms with van der Waals surface area (Å²) in [6.07, 6.45) is 1.63. The number of hydrogen-bond donors (Lipinski definition) is 0. The maximum atomic E-state index is 12.3. The summed E-state index contributed by atoms with van der Waals surface area (Å²) in [7, 11) is 2.86. The fraction of sp³-hybridized carbons (Fsp3) is 0.143. The summed E-state index contributed by atoms with van der Waals surface area (Å²) in [5.74, 6) is -0.528. The number of esters is 1. The predicted molar refractivity (Wildman–Crippen MR) is 71.5 cm³/mol. The second-order valence-corrected chi connectivity index (χ2v) is 4.33. The third-order valence-corrected chi connectivity index (χ3v) is 3.28. The number of benzene rings is 1. The first-order valence-corrected chi connectivity index (χ1v) is 5.81. The average Bonchev–Trinajstić information content (AvgIpc) is 2.81. The van der Waals surface area contributed by atoms with E-state index >= 15 is 0 Å². The molecule has 19 heavy (non-hydrogen) atoms. The van der Waals surface area contributed by atoms with Crippen molar-refractivity contribution in [3.63, 3.8) is 0 Å². The molecule has 2 aromatic heterocycles. The number of para-hydroxylation sites is 1. The molecule has 0 amide bonds. The van der Waals surface area contributed by atoms with Gasteiger partial charge in [0, 0.05) is 18.6 Å². The molecule has 0 atom stereocenters. The topological polar surface area (TPSA) is 52.7 Å². The third-order valence-electron chi connectivity index (χ3n) is 3.28. The number of nitrogens with zero attached hydrogens (tertiary/aromatic N) is 2. The summed E-state index contributed by atoms with van der Waals surface area (Å²) in [5.41, 5.74) is 1.43. The van der Waals surface area contributed by atoms with E-state index < -0.39 is 5.97 Å². The molecule has 0 fully saturated rings. The SMILES string of the molecule is COC(=O)c1cn2c(cc3ccccc32)c(=O)n1C. The van der Waals surface area contributed by atoms with Crippen molar-refractivity contribution in [3.8, 4) is 0 Å². The normalized spacial score (nSPS) is 11.1. The number of carbonyl (C=O) groups excluding carboxylic acids is 1. The number of ether oxygens (including phenoxy) is 1. The second kappa shape index (κ2) is 3.98. The maximum Gasteiger partial charge on any atom is 0.356 e. The zero-order valence-electron chi connectivity index (χ0n) is 10.6. The predicted octanol–water partition coefficient (Wildman–Crippen LogP) is 1.58. The first-order valence-electron chi connectivity index (χ1n) is 5.81. The van der Waals surface area contributed by atoms with Crippen LogP contribution in [0.15, 0.2) is 41.3 Å². The Morgan fingerprint density at radius 2 is 1.95 bits per heavy atom. The Hall–Kier alpha value is -2.56. The average molecular weight is 256 g/mol. The maximum absolute atomic E-state index is 12.3. The van der Waals surface area contributed by atoms with Crippen LogP contribution in [0.25, 0.3) is 16.4 Å². The van der Waals surface area contributed by atoms with Gasteiger partial charge in [0.1, 0.15) is 11.2 Å². The van der Waals surface area contributed by atoms with Crippen LogP contribution in [0.4, 0.5) is 0 Å². The fourth-order valence-corrected chi connectivity index (χ4v) is 2.26. The van der Waals surface area contributed by atoms with Crippen LogP contribution < -0.4 is 5.56 Å². The molecule has 3 rings (SSSR count).